The van der Waals surface area contributed by atoms with Crippen LogP contribution in [0.2, 0.25) is 0 Å². The van der Waals surface area contributed by atoms with E-state index in [1.165, 1.54) is 12.3 Å². The van der Waals surface area contributed by atoms with Gasteiger partial charge >= 0.3 is 11.6 Å². The van der Waals surface area contributed by atoms with Crippen molar-refractivity contribution in [3.63, 3.8) is 0 Å². The lowest BCUT2D eigenvalue weighted by Crippen LogP contribution is -2.18. The highest BCUT2D eigenvalue weighted by Gasteiger charge is 2.32. The fourth-order valence-corrected chi connectivity index (χ4v) is 1.93. The lowest BCUT2D eigenvalue weighted by atomic mass is 10.1. The van der Waals surface area contributed by atoms with E-state index in [4.69, 9.17) is 0 Å². The molecular formula is C14H9F3N4O+. The Hall–Kier alpha value is -2.90. The lowest BCUT2D eigenvalue weighted by molar-refractivity contribution is -0.276. The quantitative estimate of drug-likeness (QED) is 0.948. The molecule has 0 atom stereocenters. The zero-order chi connectivity index (χ0) is 15.6. The van der Waals surface area contributed by atoms with Crippen LogP contribution in [-0.4, -0.2) is 11.3 Å². The third-order valence-electron chi connectivity index (χ3n) is 2.84. The molecule has 2 heterocycles. The van der Waals surface area contributed by atoms with Crippen LogP contribution in [-0.2, 0) is 0 Å². The van der Waals surface area contributed by atoms with Crippen LogP contribution in [0.3, 0.4) is 0 Å². The summed E-state index contributed by atoms with van der Waals surface area (Å²) in [5, 5.41) is 7.74. The summed E-state index contributed by atoms with van der Waals surface area (Å²) in [4.78, 5) is 3.64. The number of nitrogens with one attached hydrogen (secondary N) is 1. The van der Waals surface area contributed by atoms with Gasteiger partial charge in [0.05, 0.1) is 0 Å². The maximum absolute atomic E-state index is 12.1. The number of aromatic nitrogens is 1. The summed E-state index contributed by atoms with van der Waals surface area (Å²) in [5.74, 6) is -0.523. The van der Waals surface area contributed by atoms with E-state index in [0.29, 0.717) is 17.0 Å². The van der Waals surface area contributed by atoms with Crippen LogP contribution in [0.15, 0.2) is 53.8 Å². The van der Waals surface area contributed by atoms with Crippen molar-refractivity contribution in [2.24, 2.45) is 5.11 Å². The molecule has 111 valence electrons. The van der Waals surface area contributed by atoms with Gasteiger partial charge in [-0.1, -0.05) is 35.8 Å². The van der Waals surface area contributed by atoms with E-state index in [9.17, 15) is 13.2 Å². The maximum atomic E-state index is 12.1. The molecule has 22 heavy (non-hydrogen) atoms. The summed E-state index contributed by atoms with van der Waals surface area (Å²) < 4.78 is 40.1. The minimum atomic E-state index is -4.76. The molecule has 0 bridgehead atoms. The van der Waals surface area contributed by atoms with Gasteiger partial charge in [0.25, 0.3) is 0 Å². The van der Waals surface area contributed by atoms with Gasteiger partial charge in [0.2, 0.25) is 5.88 Å². The Bertz CT molecular complexity index is 724. The van der Waals surface area contributed by atoms with Crippen LogP contribution in [0.25, 0.3) is 11.4 Å². The van der Waals surface area contributed by atoms with E-state index in [1.807, 2.05) is 30.3 Å². The van der Waals surface area contributed by atoms with Crippen LogP contribution in [0, 0.1) is 0 Å². The third-order valence-corrected chi connectivity index (χ3v) is 2.84. The highest BCUT2D eigenvalue weighted by atomic mass is 19.4. The molecule has 1 radical (unpaired) electrons. The number of nitrogens with zero attached hydrogens (tertiary/aromatic N) is 3. The van der Waals surface area contributed by atoms with Gasteiger partial charge in [-0.05, 0) is 6.07 Å². The number of alkyl halides is 3. The fourth-order valence-electron chi connectivity index (χ4n) is 1.93. The highest BCUT2D eigenvalue weighted by molar-refractivity contribution is 5.89. The second-order valence-electron chi connectivity index (χ2n) is 4.33. The molecule has 2 aromatic rings. The van der Waals surface area contributed by atoms with Crippen molar-refractivity contribution in [3.05, 3.63) is 59.8 Å². The summed E-state index contributed by atoms with van der Waals surface area (Å²) >= 11 is 0. The summed E-state index contributed by atoms with van der Waals surface area (Å²) in [5.41, 5.74) is 5.27. The lowest BCUT2D eigenvalue weighted by Gasteiger charge is -2.08. The Morgan fingerprint density at radius 1 is 1.00 bits per heavy atom. The molecule has 0 unspecified atom stereocenters. The summed E-state index contributed by atoms with van der Waals surface area (Å²) in [6, 6.07) is 11.9. The van der Waals surface area contributed by atoms with Crippen LogP contribution in [0.4, 0.5) is 13.2 Å². The predicted octanol–water partition coefficient (Wildman–Crippen LogP) is 3.11. The van der Waals surface area contributed by atoms with Crippen molar-refractivity contribution in [1.82, 2.24) is 15.6 Å². The van der Waals surface area contributed by atoms with E-state index in [2.05, 4.69) is 25.5 Å². The van der Waals surface area contributed by atoms with Gasteiger partial charge in [0.15, 0.2) is 5.70 Å². The smallest absolute Gasteiger partial charge is 0.388 e. The monoisotopic (exact) mass is 306 g/mol. The topological polar surface area (TPSA) is 60.6 Å². The van der Waals surface area contributed by atoms with E-state index < -0.39 is 12.2 Å². The zero-order valence-electron chi connectivity index (χ0n) is 11.0. The molecule has 0 spiro atoms. The van der Waals surface area contributed by atoms with Gasteiger partial charge in [-0.3, -0.25) is 0 Å². The highest BCUT2D eigenvalue weighted by Crippen LogP contribution is 2.28. The first-order valence-corrected chi connectivity index (χ1v) is 6.21. The molecule has 8 heteroatoms. The Morgan fingerprint density at radius 2 is 1.77 bits per heavy atom. The molecule has 5 nitrogen and oxygen atoms in total. The average Bonchev–Trinajstić information content (AvgIpc) is 2.97. The van der Waals surface area contributed by atoms with Crippen molar-refractivity contribution >= 4 is 11.4 Å². The number of benzene rings is 1. The number of hydrogen-bond acceptors (Lipinski definition) is 5. The molecule has 1 aromatic carbocycles. The van der Waals surface area contributed by atoms with E-state index in [-0.39, 0.29) is 0 Å². The minimum Gasteiger partial charge on any atom is -0.388 e. The SMILES string of the molecule is FC(F)(F)Oc1ccc(C2=C(c3ccccc3)N=[N+]N2)cn1. The van der Waals surface area contributed by atoms with Gasteiger partial charge in [-0.2, -0.15) is 0 Å². The molecule has 0 amide bonds. The maximum Gasteiger partial charge on any atom is 0.574 e. The molecule has 0 saturated heterocycles. The molecule has 1 aliphatic heterocycles. The van der Waals surface area contributed by atoms with Crippen molar-refractivity contribution in [1.29, 1.82) is 0 Å². The number of halogens is 3. The second kappa shape index (κ2) is 5.47. The third kappa shape index (κ3) is 3.05. The molecule has 1 aromatic heterocycles. The Balaban J connectivity index is 1.90. The first-order chi connectivity index (χ1) is 10.5. The molecule has 1 N–H and O–H groups in total. The fraction of sp³-hybridized carbons (Fsp3) is 0.0714. The molecular weight excluding hydrogens is 297 g/mol. The number of rotatable bonds is 3. The van der Waals surface area contributed by atoms with Gasteiger partial charge < -0.3 is 4.74 Å². The number of pyridine rings is 1. The first kappa shape index (κ1) is 14.1. The summed E-state index contributed by atoms with van der Waals surface area (Å²) in [6.45, 7) is 0. The molecule has 0 saturated carbocycles. The standard InChI is InChI=1S/C14H9F3N4O/c15-14(16,17)22-11-7-6-10(8-18-11)13-12(19-21-20-13)9-4-2-1-3-5-9/h1-8H,(H,19,20)/q+1. The van der Waals surface area contributed by atoms with E-state index in [1.54, 1.807) is 0 Å². The Morgan fingerprint density at radius 3 is 2.41 bits per heavy atom. The van der Waals surface area contributed by atoms with Crippen LogP contribution in [0.1, 0.15) is 11.1 Å². The Labute approximate surface area is 123 Å². The molecule has 0 fully saturated rings. The Kier molecular flexibility index (Phi) is 3.50. The number of hydrogen-bond donors (Lipinski definition) is 1. The molecule has 0 aliphatic carbocycles. The summed E-state index contributed by atoms with van der Waals surface area (Å²) in [7, 11) is 0. The second-order valence-corrected chi connectivity index (χ2v) is 4.33. The molecule has 3 rings (SSSR count). The van der Waals surface area contributed by atoms with Gasteiger partial charge in [-0.15, -0.1) is 13.2 Å². The van der Waals surface area contributed by atoms with Gasteiger partial charge in [-0.25, -0.2) is 4.98 Å². The van der Waals surface area contributed by atoms with Gasteiger partial charge in [0.1, 0.15) is 10.8 Å². The van der Waals surface area contributed by atoms with Crippen LogP contribution >= 0.6 is 0 Å². The molecule has 1 aliphatic rings. The van der Waals surface area contributed by atoms with Crippen molar-refractivity contribution in [2.45, 2.75) is 6.36 Å². The van der Waals surface area contributed by atoms with E-state index in [0.717, 1.165) is 11.6 Å². The zero-order valence-corrected chi connectivity index (χ0v) is 11.0. The van der Waals surface area contributed by atoms with Crippen LogP contribution < -0.4 is 15.4 Å². The van der Waals surface area contributed by atoms with Crippen LogP contribution in [0.5, 0.6) is 5.88 Å². The average molecular weight is 306 g/mol. The van der Waals surface area contributed by atoms with E-state index >= 15 is 0 Å². The van der Waals surface area contributed by atoms with Crippen molar-refractivity contribution < 1.29 is 17.9 Å². The van der Waals surface area contributed by atoms with Gasteiger partial charge in [0, 0.05) is 23.4 Å². The van der Waals surface area contributed by atoms with Crippen molar-refractivity contribution in [2.75, 3.05) is 0 Å². The predicted molar refractivity (Wildman–Crippen MR) is 71.9 cm³/mol. The largest absolute Gasteiger partial charge is 0.574 e. The first-order valence-electron chi connectivity index (χ1n) is 6.21. The number of ether oxygens (including phenoxy) is 1. The van der Waals surface area contributed by atoms with Crippen molar-refractivity contribution in [3.8, 4) is 5.88 Å². The normalized spacial score (nSPS) is 14.1. The minimum absolute atomic E-state index is 0.523. The summed E-state index contributed by atoms with van der Waals surface area (Å²) in [6.07, 6.45) is -3.50.